The third-order valence-electron chi connectivity index (χ3n) is 2.32. The maximum absolute atomic E-state index is 9.14. The first-order chi connectivity index (χ1) is 8.61. The van der Waals surface area contributed by atoms with E-state index >= 15 is 0 Å². The molecule has 0 radical (unpaired) electrons. The lowest BCUT2D eigenvalue weighted by Crippen LogP contribution is -1.95. The number of hydrogen-bond acceptors (Lipinski definition) is 2. The summed E-state index contributed by atoms with van der Waals surface area (Å²) in [4.78, 5) is 0. The van der Waals surface area contributed by atoms with E-state index < -0.39 is 0 Å². The van der Waals surface area contributed by atoms with Crippen LogP contribution in [0.4, 0.5) is 11.4 Å². The standard InChI is InChI=1S/C13H7Br2ClN2/c14-10-2-1-3-12(9(10)7-17)18-13-6-8(16)4-5-11(13)15/h1-6,18H. The van der Waals surface area contributed by atoms with Crippen molar-refractivity contribution in [2.75, 3.05) is 5.32 Å². The van der Waals surface area contributed by atoms with Gasteiger partial charge in [0.15, 0.2) is 0 Å². The molecular formula is C13H7Br2ClN2. The number of nitrogens with one attached hydrogen (secondary N) is 1. The topological polar surface area (TPSA) is 35.8 Å². The van der Waals surface area contributed by atoms with Gasteiger partial charge in [-0.15, -0.1) is 0 Å². The van der Waals surface area contributed by atoms with E-state index in [-0.39, 0.29) is 0 Å². The van der Waals surface area contributed by atoms with E-state index in [1.54, 1.807) is 12.1 Å². The maximum Gasteiger partial charge on any atom is 0.103 e. The lowest BCUT2D eigenvalue weighted by atomic mass is 10.2. The molecule has 0 aromatic heterocycles. The molecule has 2 nitrogen and oxygen atoms in total. The maximum atomic E-state index is 9.14. The highest BCUT2D eigenvalue weighted by atomic mass is 79.9. The second kappa shape index (κ2) is 5.75. The number of hydrogen-bond donors (Lipinski definition) is 1. The Morgan fingerprint density at radius 1 is 1.06 bits per heavy atom. The fourth-order valence-electron chi connectivity index (χ4n) is 1.48. The zero-order valence-electron chi connectivity index (χ0n) is 9.05. The number of rotatable bonds is 2. The van der Waals surface area contributed by atoms with E-state index in [0.717, 1.165) is 20.3 Å². The molecule has 0 aliphatic heterocycles. The molecular weight excluding hydrogens is 379 g/mol. The molecule has 0 aliphatic carbocycles. The number of nitriles is 1. The van der Waals surface area contributed by atoms with Gasteiger partial charge in [0, 0.05) is 14.0 Å². The van der Waals surface area contributed by atoms with Gasteiger partial charge in [-0.25, -0.2) is 0 Å². The van der Waals surface area contributed by atoms with E-state index in [1.165, 1.54) is 0 Å². The van der Waals surface area contributed by atoms with Gasteiger partial charge in [-0.1, -0.05) is 17.7 Å². The molecule has 2 aromatic rings. The van der Waals surface area contributed by atoms with Crippen molar-refractivity contribution < 1.29 is 0 Å². The van der Waals surface area contributed by atoms with Crippen molar-refractivity contribution in [3.63, 3.8) is 0 Å². The highest BCUT2D eigenvalue weighted by molar-refractivity contribution is 9.11. The highest BCUT2D eigenvalue weighted by Crippen LogP contribution is 2.32. The molecule has 0 aliphatic rings. The van der Waals surface area contributed by atoms with Crippen LogP contribution in [0.5, 0.6) is 0 Å². The Hall–Kier alpha value is -1.02. The summed E-state index contributed by atoms with van der Waals surface area (Å²) in [5, 5.41) is 13.0. The van der Waals surface area contributed by atoms with Crippen molar-refractivity contribution in [2.45, 2.75) is 0 Å². The van der Waals surface area contributed by atoms with Crippen LogP contribution in [0.3, 0.4) is 0 Å². The minimum absolute atomic E-state index is 0.560. The largest absolute Gasteiger partial charge is 0.353 e. The van der Waals surface area contributed by atoms with Crippen LogP contribution < -0.4 is 5.32 Å². The molecule has 0 unspecified atom stereocenters. The molecule has 0 saturated carbocycles. The average molecular weight is 386 g/mol. The Balaban J connectivity index is 2.44. The van der Waals surface area contributed by atoms with E-state index in [9.17, 15) is 0 Å². The van der Waals surface area contributed by atoms with Crippen LogP contribution in [-0.2, 0) is 0 Å². The normalized spacial score (nSPS) is 9.89. The molecule has 0 atom stereocenters. The van der Waals surface area contributed by atoms with Gasteiger partial charge < -0.3 is 5.32 Å². The van der Waals surface area contributed by atoms with Crippen molar-refractivity contribution in [1.29, 1.82) is 5.26 Å². The van der Waals surface area contributed by atoms with Crippen LogP contribution in [0, 0.1) is 11.3 Å². The predicted octanol–water partition coefficient (Wildman–Crippen LogP) is 5.48. The summed E-state index contributed by atoms with van der Waals surface area (Å²) in [7, 11) is 0. The quantitative estimate of drug-likeness (QED) is 0.742. The molecule has 2 rings (SSSR count). The van der Waals surface area contributed by atoms with Gasteiger partial charge in [0.25, 0.3) is 0 Å². The molecule has 0 bridgehead atoms. The summed E-state index contributed by atoms with van der Waals surface area (Å²) in [6.07, 6.45) is 0. The lowest BCUT2D eigenvalue weighted by Gasteiger charge is -2.11. The SMILES string of the molecule is N#Cc1c(Br)cccc1Nc1cc(Cl)ccc1Br. The number of nitrogens with zero attached hydrogens (tertiary/aromatic N) is 1. The van der Waals surface area contributed by atoms with E-state index in [4.69, 9.17) is 16.9 Å². The van der Waals surface area contributed by atoms with Crippen molar-refractivity contribution in [2.24, 2.45) is 0 Å². The summed E-state index contributed by atoms with van der Waals surface area (Å²) in [5.41, 5.74) is 2.11. The zero-order chi connectivity index (χ0) is 13.1. The Morgan fingerprint density at radius 2 is 1.83 bits per heavy atom. The summed E-state index contributed by atoms with van der Waals surface area (Å²) >= 11 is 12.7. The van der Waals surface area contributed by atoms with Crippen LogP contribution in [0.2, 0.25) is 5.02 Å². The van der Waals surface area contributed by atoms with E-state index in [1.807, 2.05) is 24.3 Å². The minimum Gasteiger partial charge on any atom is -0.353 e. The highest BCUT2D eigenvalue weighted by Gasteiger charge is 2.08. The second-order valence-electron chi connectivity index (χ2n) is 3.52. The van der Waals surface area contributed by atoms with Gasteiger partial charge in [-0.3, -0.25) is 0 Å². The van der Waals surface area contributed by atoms with Gasteiger partial charge in [0.05, 0.1) is 16.9 Å². The minimum atomic E-state index is 0.560. The van der Waals surface area contributed by atoms with Crippen molar-refractivity contribution in [3.05, 3.63) is 55.9 Å². The first-order valence-electron chi connectivity index (χ1n) is 5.02. The molecule has 1 N–H and O–H groups in total. The predicted molar refractivity (Wildman–Crippen MR) is 81.3 cm³/mol. The van der Waals surface area contributed by atoms with Crippen LogP contribution in [-0.4, -0.2) is 0 Å². The van der Waals surface area contributed by atoms with Gasteiger partial charge in [0.2, 0.25) is 0 Å². The van der Waals surface area contributed by atoms with Crippen molar-refractivity contribution >= 4 is 54.8 Å². The third-order valence-corrected chi connectivity index (χ3v) is 3.91. The average Bonchev–Trinajstić information content (AvgIpc) is 2.34. The zero-order valence-corrected chi connectivity index (χ0v) is 13.0. The Labute approximate surface area is 127 Å². The van der Waals surface area contributed by atoms with Crippen molar-refractivity contribution in [1.82, 2.24) is 0 Å². The summed E-state index contributed by atoms with van der Waals surface area (Å²) in [6.45, 7) is 0. The number of benzene rings is 2. The molecule has 5 heteroatoms. The molecule has 0 fully saturated rings. The molecule has 0 saturated heterocycles. The molecule has 0 amide bonds. The first-order valence-corrected chi connectivity index (χ1v) is 6.99. The first kappa shape index (κ1) is 13.4. The Kier molecular flexibility index (Phi) is 4.28. The number of halogens is 3. The van der Waals surface area contributed by atoms with Crippen LogP contribution in [0.15, 0.2) is 45.3 Å². The summed E-state index contributed by atoms with van der Waals surface area (Å²) in [5.74, 6) is 0. The summed E-state index contributed by atoms with van der Waals surface area (Å²) in [6, 6.07) is 13.2. The van der Waals surface area contributed by atoms with E-state index in [2.05, 4.69) is 43.2 Å². The lowest BCUT2D eigenvalue weighted by molar-refractivity contribution is 1.44. The van der Waals surface area contributed by atoms with Gasteiger partial charge in [-0.2, -0.15) is 5.26 Å². The van der Waals surface area contributed by atoms with Crippen LogP contribution >= 0.6 is 43.5 Å². The molecule has 0 heterocycles. The fraction of sp³-hybridized carbons (Fsp3) is 0. The molecule has 2 aromatic carbocycles. The molecule has 90 valence electrons. The van der Waals surface area contributed by atoms with Crippen LogP contribution in [0.25, 0.3) is 0 Å². The third kappa shape index (κ3) is 2.86. The van der Waals surface area contributed by atoms with Crippen molar-refractivity contribution in [3.8, 4) is 6.07 Å². The molecule has 18 heavy (non-hydrogen) atoms. The van der Waals surface area contributed by atoms with Gasteiger partial charge in [-0.05, 0) is 62.2 Å². The number of anilines is 2. The Morgan fingerprint density at radius 3 is 2.56 bits per heavy atom. The van der Waals surface area contributed by atoms with Gasteiger partial charge in [0.1, 0.15) is 6.07 Å². The van der Waals surface area contributed by atoms with Gasteiger partial charge >= 0.3 is 0 Å². The van der Waals surface area contributed by atoms with Crippen LogP contribution in [0.1, 0.15) is 5.56 Å². The smallest absolute Gasteiger partial charge is 0.103 e. The van der Waals surface area contributed by atoms with E-state index in [0.29, 0.717) is 10.6 Å². The summed E-state index contributed by atoms with van der Waals surface area (Å²) < 4.78 is 1.64. The molecule has 0 spiro atoms. The monoisotopic (exact) mass is 384 g/mol. The second-order valence-corrected chi connectivity index (χ2v) is 5.67. The Bertz CT molecular complexity index is 635. The fourth-order valence-corrected chi connectivity index (χ4v) is 2.45.